The fourth-order valence-electron chi connectivity index (χ4n) is 4.96. The van der Waals surface area contributed by atoms with Gasteiger partial charge in [0.05, 0.1) is 11.4 Å². The molecule has 6 rings (SSSR count). The lowest BCUT2D eigenvalue weighted by atomic mass is 9.99. The van der Waals surface area contributed by atoms with E-state index in [1.165, 1.54) is 40.2 Å². The Balaban J connectivity index is 1.14. The number of alkyl halides is 4. The Bertz CT molecular complexity index is 1840. The molecule has 4 aromatic rings. The summed E-state index contributed by atoms with van der Waals surface area (Å²) in [5.41, 5.74) is 3.19. The summed E-state index contributed by atoms with van der Waals surface area (Å²) < 4.78 is 57.6. The largest absolute Gasteiger partial charge is 0.573 e. The second-order valence-corrected chi connectivity index (χ2v) is 14.0. The molecule has 1 atom stereocenters. The van der Waals surface area contributed by atoms with Crippen LogP contribution in [-0.4, -0.2) is 54.7 Å². The van der Waals surface area contributed by atoms with Gasteiger partial charge in [-0.3, -0.25) is 14.7 Å². The number of aromatic nitrogens is 3. The Morgan fingerprint density at radius 1 is 1.08 bits per heavy atom. The maximum Gasteiger partial charge on any atom is 0.573 e. The number of anilines is 1. The van der Waals surface area contributed by atoms with E-state index < -0.39 is 17.8 Å². The predicted molar refractivity (Wildman–Crippen MR) is 183 cm³/mol. The minimum Gasteiger partial charge on any atom is -0.406 e. The number of amidine groups is 2. The zero-order valence-corrected chi connectivity index (χ0v) is 27.9. The smallest absolute Gasteiger partial charge is 0.406 e. The Morgan fingerprint density at radius 2 is 1.81 bits per heavy atom. The highest BCUT2D eigenvalue weighted by Gasteiger charge is 2.41. The van der Waals surface area contributed by atoms with Crippen molar-refractivity contribution in [3.63, 3.8) is 0 Å². The molecule has 8 nitrogen and oxygen atoms in total. The summed E-state index contributed by atoms with van der Waals surface area (Å²) in [6.45, 7) is 6.48. The highest BCUT2D eigenvalue weighted by Crippen LogP contribution is 2.39. The first-order valence-electron chi connectivity index (χ1n) is 15.4. The number of amides is 1. The molecule has 1 unspecified atom stereocenters. The van der Waals surface area contributed by atoms with Crippen LogP contribution in [0.15, 0.2) is 83.0 Å². The van der Waals surface area contributed by atoms with Gasteiger partial charge in [0, 0.05) is 17.4 Å². The van der Waals surface area contributed by atoms with Gasteiger partial charge in [0.2, 0.25) is 5.50 Å². The maximum absolute atomic E-state index is 14.8. The molecular formula is C34H32F4N6O2S2. The molecule has 3 aromatic carbocycles. The average Bonchev–Trinajstić information content (AvgIpc) is 3.63. The molecule has 1 aliphatic heterocycles. The van der Waals surface area contributed by atoms with Gasteiger partial charge < -0.3 is 4.74 Å². The number of nitrogens with zero attached hydrogens (tertiary/aromatic N) is 6. The van der Waals surface area contributed by atoms with Gasteiger partial charge in [-0.15, -0.1) is 18.3 Å². The third kappa shape index (κ3) is 8.27. The Morgan fingerprint density at radius 3 is 2.48 bits per heavy atom. The molecule has 2 heterocycles. The van der Waals surface area contributed by atoms with Crippen molar-refractivity contribution in [2.24, 2.45) is 9.98 Å². The number of rotatable bonds is 9. The number of hydrogen-bond acceptors (Lipinski definition) is 7. The molecule has 1 saturated carbocycles. The fourth-order valence-corrected chi connectivity index (χ4v) is 6.82. The van der Waals surface area contributed by atoms with Crippen LogP contribution in [0.25, 0.3) is 17.1 Å². The first-order chi connectivity index (χ1) is 22.9. The van der Waals surface area contributed by atoms with E-state index in [1.54, 1.807) is 11.8 Å². The van der Waals surface area contributed by atoms with E-state index in [9.17, 15) is 22.4 Å². The zero-order valence-electron chi connectivity index (χ0n) is 26.3. The van der Waals surface area contributed by atoms with E-state index >= 15 is 0 Å². The van der Waals surface area contributed by atoms with Gasteiger partial charge in [0.25, 0.3) is 5.91 Å². The van der Waals surface area contributed by atoms with E-state index in [2.05, 4.69) is 14.8 Å². The molecule has 0 N–H and O–H groups in total. The van der Waals surface area contributed by atoms with Crippen molar-refractivity contribution in [1.29, 1.82) is 0 Å². The summed E-state index contributed by atoms with van der Waals surface area (Å²) in [7, 11) is 0. The Hall–Kier alpha value is -4.17. The van der Waals surface area contributed by atoms with Crippen molar-refractivity contribution >= 4 is 45.5 Å². The molecule has 250 valence electrons. The van der Waals surface area contributed by atoms with Gasteiger partial charge in [0.1, 0.15) is 12.1 Å². The molecule has 1 aliphatic carbocycles. The molecule has 1 saturated heterocycles. The first kappa shape index (κ1) is 33.7. The van der Waals surface area contributed by atoms with Crippen molar-refractivity contribution in [3.05, 3.63) is 89.7 Å². The van der Waals surface area contributed by atoms with E-state index in [0.29, 0.717) is 45.7 Å². The molecular weight excluding hydrogens is 665 g/mol. The number of ether oxygens (including phenoxy) is 1. The van der Waals surface area contributed by atoms with Crippen molar-refractivity contribution in [2.45, 2.75) is 63.1 Å². The van der Waals surface area contributed by atoms with Crippen LogP contribution in [0.1, 0.15) is 49.3 Å². The third-order valence-corrected chi connectivity index (χ3v) is 9.67. The average molecular weight is 697 g/mol. The number of benzene rings is 3. The Labute approximate surface area is 283 Å². The summed E-state index contributed by atoms with van der Waals surface area (Å²) in [5, 5.41) is 5.70. The highest BCUT2D eigenvalue weighted by atomic mass is 32.2. The lowest BCUT2D eigenvalue weighted by Crippen LogP contribution is -2.32. The summed E-state index contributed by atoms with van der Waals surface area (Å²) in [5.74, 6) is -0.354. The molecule has 0 spiro atoms. The number of thioether (sulfide) groups is 2. The summed E-state index contributed by atoms with van der Waals surface area (Å²) in [6, 6.07) is 19.0. The quantitative estimate of drug-likeness (QED) is 0.0992. The molecule has 0 radical (unpaired) electrons. The van der Waals surface area contributed by atoms with Crippen LogP contribution >= 0.6 is 23.5 Å². The van der Waals surface area contributed by atoms with Crippen molar-refractivity contribution in [1.82, 2.24) is 14.8 Å². The molecule has 14 heteroatoms. The summed E-state index contributed by atoms with van der Waals surface area (Å²) in [6.07, 6.45) is -0.512. The number of carbonyl (C=O) groups excluding carboxylic acids is 1. The SMILES string of the molecule is Cc1ccc(C(C)C)c(N2C(=O)C(F)S/C2=N\C(=N\CCc2ccc(-c3ncn(-c4ccc(OC(F)(F)F)cc4)n3)cc2)SC2CC2)c1. The normalized spacial score (nSPS) is 18.0. The maximum atomic E-state index is 14.8. The highest BCUT2D eigenvalue weighted by molar-refractivity contribution is 8.17. The van der Waals surface area contributed by atoms with Gasteiger partial charge in [-0.1, -0.05) is 62.0 Å². The lowest BCUT2D eigenvalue weighted by molar-refractivity contribution is -0.274. The van der Waals surface area contributed by atoms with Gasteiger partial charge in [-0.2, -0.15) is 4.99 Å². The van der Waals surface area contributed by atoms with Crippen LogP contribution in [0.3, 0.4) is 0 Å². The number of carbonyl (C=O) groups is 1. The second-order valence-electron chi connectivity index (χ2n) is 11.7. The van der Waals surface area contributed by atoms with Crippen LogP contribution in [0.4, 0.5) is 23.2 Å². The van der Waals surface area contributed by atoms with Crippen LogP contribution in [0.2, 0.25) is 0 Å². The van der Waals surface area contributed by atoms with Gasteiger partial charge in [0.15, 0.2) is 16.2 Å². The number of aryl methyl sites for hydroxylation is 1. The third-order valence-electron chi connectivity index (χ3n) is 7.54. The van der Waals surface area contributed by atoms with E-state index in [1.807, 2.05) is 63.2 Å². The molecule has 1 amide bonds. The summed E-state index contributed by atoms with van der Waals surface area (Å²) in [4.78, 5) is 28.3. The summed E-state index contributed by atoms with van der Waals surface area (Å²) >= 11 is 2.38. The predicted octanol–water partition coefficient (Wildman–Crippen LogP) is 8.49. The van der Waals surface area contributed by atoms with E-state index in [4.69, 9.17) is 9.98 Å². The van der Waals surface area contributed by atoms with E-state index in [-0.39, 0.29) is 11.7 Å². The molecule has 0 bridgehead atoms. The Kier molecular flexibility index (Phi) is 9.93. The molecule has 1 aromatic heterocycles. The van der Waals surface area contributed by atoms with Crippen LogP contribution in [0, 0.1) is 6.92 Å². The van der Waals surface area contributed by atoms with Gasteiger partial charge >= 0.3 is 6.36 Å². The monoisotopic (exact) mass is 696 g/mol. The van der Waals surface area contributed by atoms with Crippen molar-refractivity contribution < 1.29 is 27.1 Å². The standard InChI is InChI=1S/C34H32F4N6O2S2/c1-20(2)27-15-4-21(3)18-28(27)44-31(45)29(35)48-33(44)41-32(47-26-13-14-26)39-17-16-22-5-7-23(8-6-22)30-40-19-43(42-30)24-9-11-25(12-10-24)46-34(36,37)38/h4-12,15,18-20,26,29H,13-14,16-17H2,1-3H3/b39-32-,41-33-. The van der Waals surface area contributed by atoms with Crippen molar-refractivity contribution in [2.75, 3.05) is 11.4 Å². The molecule has 48 heavy (non-hydrogen) atoms. The first-order valence-corrected chi connectivity index (χ1v) is 17.1. The van der Waals surface area contributed by atoms with Crippen molar-refractivity contribution in [3.8, 4) is 22.8 Å². The lowest BCUT2D eigenvalue weighted by Gasteiger charge is -2.22. The van der Waals surface area contributed by atoms with E-state index in [0.717, 1.165) is 46.9 Å². The fraction of sp³-hybridized carbons (Fsp3) is 0.324. The van der Waals surface area contributed by atoms with Crippen LogP contribution in [-0.2, 0) is 11.2 Å². The van der Waals surface area contributed by atoms with Gasteiger partial charge in [-0.25, -0.2) is 14.1 Å². The van der Waals surface area contributed by atoms with Gasteiger partial charge in [-0.05, 0) is 90.9 Å². The number of halogens is 4. The molecule has 2 fully saturated rings. The zero-order chi connectivity index (χ0) is 34.0. The minimum atomic E-state index is -4.76. The topological polar surface area (TPSA) is 85.0 Å². The second kappa shape index (κ2) is 14.1. The molecule has 2 aliphatic rings. The number of aliphatic imine (C=N–C) groups is 2. The van der Waals surface area contributed by atoms with Crippen LogP contribution < -0.4 is 9.64 Å². The van der Waals surface area contributed by atoms with Crippen LogP contribution in [0.5, 0.6) is 5.75 Å². The number of hydrogen-bond donors (Lipinski definition) is 0. The minimum absolute atomic E-state index is 0.132.